The first-order valence-corrected chi connectivity index (χ1v) is 8.25. The number of anilines is 2. The van der Waals surface area contributed by atoms with Crippen molar-refractivity contribution in [3.8, 4) is 0 Å². The van der Waals surface area contributed by atoms with Gasteiger partial charge in [-0.3, -0.25) is 9.59 Å². The van der Waals surface area contributed by atoms with E-state index in [1.807, 2.05) is 32.0 Å². The molecule has 1 saturated carbocycles. The second-order valence-corrected chi connectivity index (χ2v) is 6.64. The van der Waals surface area contributed by atoms with Gasteiger partial charge in [-0.25, -0.2) is 0 Å². The predicted molar refractivity (Wildman–Crippen MR) is 96.3 cm³/mol. The van der Waals surface area contributed by atoms with Crippen LogP contribution < -0.4 is 10.6 Å². The lowest BCUT2D eigenvalue weighted by Gasteiger charge is -2.18. The highest BCUT2D eigenvalue weighted by Gasteiger charge is 2.56. The minimum absolute atomic E-state index is 0.260. The maximum atomic E-state index is 12.7. The summed E-state index contributed by atoms with van der Waals surface area (Å²) in [7, 11) is 0. The summed E-state index contributed by atoms with van der Waals surface area (Å²) < 4.78 is 0. The molecule has 2 amide bonds. The first-order valence-electron chi connectivity index (χ1n) is 7.88. The number of rotatable bonds is 4. The van der Waals surface area contributed by atoms with Crippen LogP contribution in [0.15, 0.2) is 42.5 Å². The highest BCUT2D eigenvalue weighted by molar-refractivity contribution is 6.34. The van der Waals surface area contributed by atoms with Crippen molar-refractivity contribution < 1.29 is 9.59 Å². The van der Waals surface area contributed by atoms with Crippen LogP contribution in [0.5, 0.6) is 0 Å². The Morgan fingerprint density at radius 2 is 1.50 bits per heavy atom. The second-order valence-electron chi connectivity index (χ2n) is 6.24. The molecule has 0 bridgehead atoms. The summed E-state index contributed by atoms with van der Waals surface area (Å²) in [6.45, 7) is 3.87. The summed E-state index contributed by atoms with van der Waals surface area (Å²) in [6, 6.07) is 12.8. The summed E-state index contributed by atoms with van der Waals surface area (Å²) in [6.07, 6.45) is 1.08. The number of amides is 2. The third-order valence-corrected chi connectivity index (χ3v) is 4.79. The molecule has 0 atom stereocenters. The van der Waals surface area contributed by atoms with Gasteiger partial charge < -0.3 is 10.6 Å². The second kappa shape index (κ2) is 6.29. The number of benzene rings is 2. The Hall–Kier alpha value is -2.33. The number of carbonyl (C=O) groups excluding carboxylic acids is 2. The van der Waals surface area contributed by atoms with Crippen LogP contribution in [0.2, 0.25) is 5.02 Å². The maximum Gasteiger partial charge on any atom is 0.240 e. The minimum atomic E-state index is -1.01. The summed E-state index contributed by atoms with van der Waals surface area (Å²) in [5.41, 5.74) is 2.25. The number of carbonyl (C=O) groups is 2. The van der Waals surface area contributed by atoms with Gasteiger partial charge in [0.25, 0.3) is 0 Å². The minimum Gasteiger partial charge on any atom is -0.325 e. The molecule has 0 heterocycles. The molecule has 24 heavy (non-hydrogen) atoms. The molecule has 1 fully saturated rings. The molecule has 0 aromatic heterocycles. The van der Waals surface area contributed by atoms with Gasteiger partial charge in [-0.15, -0.1) is 0 Å². The van der Waals surface area contributed by atoms with E-state index >= 15 is 0 Å². The van der Waals surface area contributed by atoms with E-state index in [-0.39, 0.29) is 11.8 Å². The van der Waals surface area contributed by atoms with Crippen molar-refractivity contribution in [3.63, 3.8) is 0 Å². The molecule has 1 aliphatic rings. The molecule has 2 aromatic carbocycles. The number of hydrogen-bond donors (Lipinski definition) is 2. The van der Waals surface area contributed by atoms with Crippen molar-refractivity contribution >= 4 is 34.8 Å². The van der Waals surface area contributed by atoms with E-state index in [0.717, 1.165) is 16.8 Å². The van der Waals surface area contributed by atoms with Crippen molar-refractivity contribution in [1.29, 1.82) is 0 Å². The third kappa shape index (κ3) is 3.02. The highest BCUT2D eigenvalue weighted by Crippen LogP contribution is 2.48. The fraction of sp³-hybridized carbons (Fsp3) is 0.263. The van der Waals surface area contributed by atoms with E-state index in [4.69, 9.17) is 11.6 Å². The lowest BCUT2D eigenvalue weighted by Crippen LogP contribution is -2.36. The van der Waals surface area contributed by atoms with Gasteiger partial charge in [-0.2, -0.15) is 0 Å². The Kier molecular flexibility index (Phi) is 4.33. The van der Waals surface area contributed by atoms with Gasteiger partial charge in [-0.05, 0) is 49.9 Å². The van der Waals surface area contributed by atoms with Crippen LogP contribution in [-0.4, -0.2) is 11.8 Å². The number of aryl methyl sites for hydroxylation is 2. The van der Waals surface area contributed by atoms with Gasteiger partial charge in [0.05, 0.1) is 10.7 Å². The van der Waals surface area contributed by atoms with Gasteiger partial charge in [0, 0.05) is 5.69 Å². The molecule has 124 valence electrons. The Balaban J connectivity index is 1.77. The Labute approximate surface area is 146 Å². The quantitative estimate of drug-likeness (QED) is 0.813. The molecule has 2 aromatic rings. The van der Waals surface area contributed by atoms with Crippen molar-refractivity contribution in [2.45, 2.75) is 26.7 Å². The van der Waals surface area contributed by atoms with E-state index in [2.05, 4.69) is 10.6 Å². The molecular formula is C19H19ClN2O2. The third-order valence-electron chi connectivity index (χ3n) is 4.46. The molecule has 4 nitrogen and oxygen atoms in total. The zero-order valence-electron chi connectivity index (χ0n) is 13.7. The van der Waals surface area contributed by atoms with E-state index in [0.29, 0.717) is 23.6 Å². The zero-order chi connectivity index (χ0) is 17.3. The molecule has 0 unspecified atom stereocenters. The monoisotopic (exact) mass is 342 g/mol. The van der Waals surface area contributed by atoms with Crippen LogP contribution in [0.4, 0.5) is 11.4 Å². The molecule has 0 radical (unpaired) electrons. The lowest BCUT2D eigenvalue weighted by atomic mass is 10.0. The van der Waals surface area contributed by atoms with E-state index in [1.165, 1.54) is 0 Å². The number of nitrogens with one attached hydrogen (secondary N) is 2. The van der Waals surface area contributed by atoms with Crippen molar-refractivity contribution in [3.05, 3.63) is 58.6 Å². The van der Waals surface area contributed by atoms with Crippen molar-refractivity contribution in [2.24, 2.45) is 5.41 Å². The Morgan fingerprint density at radius 1 is 0.917 bits per heavy atom. The van der Waals surface area contributed by atoms with Crippen molar-refractivity contribution in [1.82, 2.24) is 0 Å². The number of halogens is 1. The van der Waals surface area contributed by atoms with Crippen LogP contribution >= 0.6 is 11.6 Å². The van der Waals surface area contributed by atoms with Gasteiger partial charge in [-0.1, -0.05) is 41.9 Å². The van der Waals surface area contributed by atoms with Crippen LogP contribution in [0.1, 0.15) is 24.0 Å². The first kappa shape index (κ1) is 16.5. The average molecular weight is 343 g/mol. The van der Waals surface area contributed by atoms with Crippen molar-refractivity contribution in [2.75, 3.05) is 10.6 Å². The van der Waals surface area contributed by atoms with E-state index in [1.54, 1.807) is 24.3 Å². The molecule has 3 rings (SSSR count). The number of hydrogen-bond acceptors (Lipinski definition) is 2. The largest absolute Gasteiger partial charge is 0.325 e. The standard InChI is InChI=1S/C19H19ClN2O2/c1-12-6-5-7-13(2)16(12)22-18(24)19(10-11-19)17(23)21-15-9-4-3-8-14(15)20/h3-9H,10-11H2,1-2H3,(H,21,23)(H,22,24). The van der Waals surface area contributed by atoms with Crippen LogP contribution in [-0.2, 0) is 9.59 Å². The zero-order valence-corrected chi connectivity index (χ0v) is 14.4. The van der Waals surface area contributed by atoms with Gasteiger partial charge >= 0.3 is 0 Å². The van der Waals surface area contributed by atoms with Crippen LogP contribution in [0.25, 0.3) is 0 Å². The van der Waals surface area contributed by atoms with E-state index < -0.39 is 5.41 Å². The highest BCUT2D eigenvalue weighted by atomic mass is 35.5. The molecule has 0 saturated heterocycles. The first-order chi connectivity index (χ1) is 11.4. The van der Waals surface area contributed by atoms with Gasteiger partial charge in [0.15, 0.2) is 0 Å². The fourth-order valence-corrected chi connectivity index (χ4v) is 2.91. The maximum absolute atomic E-state index is 12.7. The molecular weight excluding hydrogens is 324 g/mol. The normalized spacial score (nSPS) is 14.8. The lowest BCUT2D eigenvalue weighted by molar-refractivity contribution is -0.131. The molecule has 2 N–H and O–H groups in total. The summed E-state index contributed by atoms with van der Waals surface area (Å²) in [5.74, 6) is -0.566. The summed E-state index contributed by atoms with van der Waals surface area (Å²) in [4.78, 5) is 25.3. The van der Waals surface area contributed by atoms with Crippen LogP contribution in [0.3, 0.4) is 0 Å². The van der Waals surface area contributed by atoms with Gasteiger partial charge in [0.2, 0.25) is 11.8 Å². The van der Waals surface area contributed by atoms with E-state index in [9.17, 15) is 9.59 Å². The molecule has 0 spiro atoms. The molecule has 5 heteroatoms. The Bertz CT molecular complexity index is 793. The van der Waals surface area contributed by atoms with Gasteiger partial charge in [0.1, 0.15) is 5.41 Å². The number of para-hydroxylation sites is 2. The predicted octanol–water partition coefficient (Wildman–Crippen LogP) is 4.31. The smallest absolute Gasteiger partial charge is 0.240 e. The average Bonchev–Trinajstić information content (AvgIpc) is 3.35. The molecule has 0 aliphatic heterocycles. The van der Waals surface area contributed by atoms with Crippen LogP contribution in [0, 0.1) is 19.3 Å². The topological polar surface area (TPSA) is 58.2 Å². The molecule has 1 aliphatic carbocycles. The fourth-order valence-electron chi connectivity index (χ4n) is 2.73. The Morgan fingerprint density at radius 3 is 2.08 bits per heavy atom. The summed E-state index contributed by atoms with van der Waals surface area (Å²) >= 11 is 6.07. The SMILES string of the molecule is Cc1cccc(C)c1NC(=O)C1(C(=O)Nc2ccccc2Cl)CC1. The summed E-state index contributed by atoms with van der Waals surface area (Å²) in [5, 5.41) is 6.16.